The van der Waals surface area contributed by atoms with E-state index in [-0.39, 0.29) is 12.1 Å². The van der Waals surface area contributed by atoms with E-state index in [0.29, 0.717) is 13.2 Å². The Morgan fingerprint density at radius 3 is 2.83 bits per heavy atom. The first kappa shape index (κ1) is 18.4. The van der Waals surface area contributed by atoms with Gasteiger partial charge in [0.1, 0.15) is 29.9 Å². The topological polar surface area (TPSA) is 72.2 Å². The molecule has 0 aliphatic carbocycles. The summed E-state index contributed by atoms with van der Waals surface area (Å²) in [5.41, 5.74) is -1.62. The Balaban J connectivity index is 2.26. The van der Waals surface area contributed by atoms with Gasteiger partial charge in [-0.3, -0.25) is 0 Å². The number of benzene rings is 1. The summed E-state index contributed by atoms with van der Waals surface area (Å²) in [6.07, 6.45) is 3.51. The first-order chi connectivity index (χ1) is 11.5. The average molecular weight is 340 g/mol. The molecule has 1 aromatic heterocycles. The van der Waals surface area contributed by atoms with Crippen molar-refractivity contribution in [2.24, 2.45) is 0 Å². The molecule has 0 aliphatic heterocycles. The van der Waals surface area contributed by atoms with E-state index in [4.69, 9.17) is 4.74 Å². The largest absolute Gasteiger partial charge is 0.385 e. The average Bonchev–Trinajstić information content (AvgIpc) is 3.03. The van der Waals surface area contributed by atoms with Crippen LogP contribution in [0.4, 0.5) is 8.78 Å². The lowest BCUT2D eigenvalue weighted by Crippen LogP contribution is -2.50. The molecular formula is C16H22F2N4O2. The highest BCUT2D eigenvalue weighted by Gasteiger charge is 2.38. The zero-order valence-corrected chi connectivity index (χ0v) is 13.7. The van der Waals surface area contributed by atoms with Crippen LogP contribution in [0.3, 0.4) is 0 Å². The van der Waals surface area contributed by atoms with Gasteiger partial charge < -0.3 is 15.2 Å². The number of nitrogens with one attached hydrogen (secondary N) is 1. The molecule has 0 radical (unpaired) electrons. The molecule has 0 aliphatic rings. The maximum atomic E-state index is 14.3. The van der Waals surface area contributed by atoms with Crippen LogP contribution in [-0.4, -0.2) is 46.2 Å². The Morgan fingerprint density at radius 1 is 1.42 bits per heavy atom. The minimum Gasteiger partial charge on any atom is -0.385 e. The number of aliphatic hydroxyl groups is 1. The van der Waals surface area contributed by atoms with Crippen LogP contribution in [0, 0.1) is 11.6 Å². The van der Waals surface area contributed by atoms with Crippen molar-refractivity contribution in [3.63, 3.8) is 0 Å². The van der Waals surface area contributed by atoms with Gasteiger partial charge in [-0.25, -0.2) is 18.4 Å². The molecule has 2 atom stereocenters. The van der Waals surface area contributed by atoms with Crippen LogP contribution in [0.25, 0.3) is 0 Å². The maximum absolute atomic E-state index is 14.3. The van der Waals surface area contributed by atoms with Crippen molar-refractivity contribution in [2.75, 3.05) is 20.3 Å². The van der Waals surface area contributed by atoms with Crippen LogP contribution in [-0.2, 0) is 16.9 Å². The number of aromatic nitrogens is 3. The predicted octanol–water partition coefficient (Wildman–Crippen LogP) is 1.46. The number of halogens is 2. The van der Waals surface area contributed by atoms with Gasteiger partial charge in [-0.1, -0.05) is 6.07 Å². The van der Waals surface area contributed by atoms with Gasteiger partial charge in [0.2, 0.25) is 0 Å². The molecule has 24 heavy (non-hydrogen) atoms. The summed E-state index contributed by atoms with van der Waals surface area (Å²) in [6, 6.07) is 2.63. The molecule has 6 nitrogen and oxygen atoms in total. The van der Waals surface area contributed by atoms with Crippen molar-refractivity contribution < 1.29 is 18.6 Å². The zero-order valence-electron chi connectivity index (χ0n) is 13.7. The highest BCUT2D eigenvalue weighted by atomic mass is 19.1. The Kier molecular flexibility index (Phi) is 6.36. The number of ether oxygens (including phenoxy) is 1. The van der Waals surface area contributed by atoms with Crippen LogP contribution in [0.1, 0.15) is 18.9 Å². The molecule has 1 aromatic carbocycles. The van der Waals surface area contributed by atoms with Crippen LogP contribution in [0.5, 0.6) is 0 Å². The van der Waals surface area contributed by atoms with Crippen molar-refractivity contribution in [3.05, 3.63) is 48.1 Å². The van der Waals surface area contributed by atoms with E-state index in [1.165, 1.54) is 23.4 Å². The van der Waals surface area contributed by atoms with Crippen molar-refractivity contribution in [2.45, 2.75) is 31.5 Å². The second kappa shape index (κ2) is 8.27. The molecule has 0 fully saturated rings. The molecule has 1 heterocycles. The molecule has 8 heteroatoms. The van der Waals surface area contributed by atoms with Crippen molar-refractivity contribution >= 4 is 0 Å². The monoisotopic (exact) mass is 340 g/mol. The first-order valence-electron chi connectivity index (χ1n) is 7.70. The highest BCUT2D eigenvalue weighted by Crippen LogP contribution is 2.30. The lowest BCUT2D eigenvalue weighted by Gasteiger charge is -2.35. The number of hydrogen-bond donors (Lipinski definition) is 2. The molecule has 0 bridgehead atoms. The fourth-order valence-electron chi connectivity index (χ4n) is 2.56. The number of nitrogens with zero attached hydrogens (tertiary/aromatic N) is 3. The quantitative estimate of drug-likeness (QED) is 0.676. The van der Waals surface area contributed by atoms with Crippen LogP contribution < -0.4 is 5.32 Å². The van der Waals surface area contributed by atoms with Crippen LogP contribution in [0.15, 0.2) is 30.9 Å². The summed E-state index contributed by atoms with van der Waals surface area (Å²) in [5.74, 6) is -1.50. The smallest absolute Gasteiger partial charge is 0.137 e. The molecule has 0 spiro atoms. The van der Waals surface area contributed by atoms with Gasteiger partial charge >= 0.3 is 0 Å². The van der Waals surface area contributed by atoms with Gasteiger partial charge in [0, 0.05) is 31.4 Å². The molecule has 0 saturated carbocycles. The first-order valence-corrected chi connectivity index (χ1v) is 7.70. The van der Waals surface area contributed by atoms with Gasteiger partial charge in [-0.2, -0.15) is 5.10 Å². The van der Waals surface area contributed by atoms with Crippen LogP contribution >= 0.6 is 0 Å². The molecule has 0 amide bonds. The SMILES string of the molecule is COCCCN[C@H](C)[C@](O)(Cn1cncn1)c1ccc(F)cc1F. The second-order valence-electron chi connectivity index (χ2n) is 5.66. The minimum absolute atomic E-state index is 0.00569. The fourth-order valence-corrected chi connectivity index (χ4v) is 2.56. The van der Waals surface area contributed by atoms with Crippen molar-refractivity contribution in [1.82, 2.24) is 20.1 Å². The lowest BCUT2D eigenvalue weighted by molar-refractivity contribution is -0.0204. The van der Waals surface area contributed by atoms with Crippen molar-refractivity contribution in [3.8, 4) is 0 Å². The Labute approximate surface area is 139 Å². The van der Waals surface area contributed by atoms with Gasteiger partial charge in [-0.05, 0) is 26.0 Å². The highest BCUT2D eigenvalue weighted by molar-refractivity contribution is 5.27. The fraction of sp³-hybridized carbons (Fsp3) is 0.500. The van der Waals surface area contributed by atoms with Crippen LogP contribution in [0.2, 0.25) is 0 Å². The zero-order chi connectivity index (χ0) is 17.6. The summed E-state index contributed by atoms with van der Waals surface area (Å²) < 4.78 is 33.9. The van der Waals surface area contributed by atoms with Gasteiger partial charge in [0.15, 0.2) is 0 Å². The molecule has 0 unspecified atom stereocenters. The summed E-state index contributed by atoms with van der Waals surface area (Å²) in [4.78, 5) is 3.83. The van der Waals surface area contributed by atoms with E-state index in [0.717, 1.165) is 18.6 Å². The van der Waals surface area contributed by atoms with E-state index >= 15 is 0 Å². The standard InChI is InChI=1S/C16H22F2N4O2/c1-12(20-6-3-7-24-2)16(23,9-22-11-19-10-21-22)14-5-4-13(17)8-15(14)18/h4-5,8,10-12,20,23H,3,6-7,9H2,1-2H3/t12-,16-/m1/s1. The second-order valence-corrected chi connectivity index (χ2v) is 5.66. The maximum Gasteiger partial charge on any atom is 0.137 e. The van der Waals surface area contributed by atoms with Gasteiger partial charge in [0.05, 0.1) is 6.54 Å². The van der Waals surface area contributed by atoms with Gasteiger partial charge in [-0.15, -0.1) is 0 Å². The third-order valence-electron chi connectivity index (χ3n) is 3.96. The third kappa shape index (κ3) is 4.34. The third-order valence-corrected chi connectivity index (χ3v) is 3.96. The Morgan fingerprint density at radius 2 is 2.21 bits per heavy atom. The lowest BCUT2D eigenvalue weighted by atomic mass is 9.86. The molecular weight excluding hydrogens is 318 g/mol. The normalized spacial score (nSPS) is 15.2. The van der Waals surface area contributed by atoms with E-state index in [2.05, 4.69) is 15.4 Å². The number of methoxy groups -OCH3 is 1. The van der Waals surface area contributed by atoms with E-state index in [1.54, 1.807) is 14.0 Å². The molecule has 0 saturated heterocycles. The van der Waals surface area contributed by atoms with E-state index < -0.39 is 23.3 Å². The minimum atomic E-state index is -1.63. The molecule has 132 valence electrons. The van der Waals surface area contributed by atoms with Gasteiger partial charge in [0.25, 0.3) is 0 Å². The van der Waals surface area contributed by atoms with E-state index in [1.807, 2.05) is 0 Å². The van der Waals surface area contributed by atoms with Crippen molar-refractivity contribution in [1.29, 1.82) is 0 Å². The summed E-state index contributed by atoms with van der Waals surface area (Å²) in [7, 11) is 1.61. The summed E-state index contributed by atoms with van der Waals surface area (Å²) >= 11 is 0. The predicted molar refractivity (Wildman–Crippen MR) is 84.2 cm³/mol. The molecule has 2 rings (SSSR count). The number of rotatable bonds is 9. The summed E-state index contributed by atoms with van der Waals surface area (Å²) in [6.45, 7) is 2.88. The Bertz CT molecular complexity index is 639. The van der Waals surface area contributed by atoms with E-state index in [9.17, 15) is 13.9 Å². The molecule has 2 aromatic rings. The summed E-state index contributed by atoms with van der Waals surface area (Å²) in [5, 5.41) is 18.3. The number of hydrogen-bond acceptors (Lipinski definition) is 5. The molecule has 2 N–H and O–H groups in total. The Hall–Kier alpha value is -1.90.